The molecule has 0 radical (unpaired) electrons. The number of nitrogens with one attached hydrogen (secondary N) is 1. The van der Waals surface area contributed by atoms with Crippen molar-refractivity contribution in [1.29, 1.82) is 0 Å². The average molecular weight is 295 g/mol. The Hall–Kier alpha value is -2.38. The highest BCUT2D eigenvalue weighted by molar-refractivity contribution is 6.32. The van der Waals surface area contributed by atoms with Gasteiger partial charge in [0, 0.05) is 12.3 Å². The second kappa shape index (κ2) is 6.18. The maximum atomic E-state index is 10.9. The fourth-order valence-electron chi connectivity index (χ4n) is 1.58. The molecule has 0 spiro atoms. The molecule has 2 rings (SSSR count). The van der Waals surface area contributed by atoms with Crippen molar-refractivity contribution in [3.8, 4) is 5.75 Å². The number of benzene rings is 1. The number of aromatic nitrogens is 1. The maximum absolute atomic E-state index is 10.9. The molecule has 20 heavy (non-hydrogen) atoms. The van der Waals surface area contributed by atoms with E-state index in [1.807, 2.05) is 0 Å². The number of pyridine rings is 1. The van der Waals surface area contributed by atoms with Crippen LogP contribution in [0.15, 0.2) is 36.5 Å². The molecule has 0 saturated heterocycles. The van der Waals surface area contributed by atoms with Gasteiger partial charge in [0.15, 0.2) is 0 Å². The minimum absolute atomic E-state index is 0.0400. The molecule has 0 aliphatic heterocycles. The van der Waals surface area contributed by atoms with E-state index in [4.69, 9.17) is 22.2 Å². The number of para-hydroxylation sites is 1. The van der Waals surface area contributed by atoms with Crippen LogP contribution in [0, 0.1) is 10.1 Å². The van der Waals surface area contributed by atoms with Gasteiger partial charge < -0.3 is 10.2 Å². The van der Waals surface area contributed by atoms with Crippen molar-refractivity contribution in [2.24, 2.45) is 5.84 Å². The summed E-state index contributed by atoms with van der Waals surface area (Å²) in [5.74, 6) is 5.76. The Morgan fingerprint density at radius 1 is 1.45 bits per heavy atom. The zero-order valence-corrected chi connectivity index (χ0v) is 11.0. The number of ether oxygens (including phenoxy) is 1. The molecule has 1 aromatic heterocycles. The lowest BCUT2D eigenvalue weighted by Crippen LogP contribution is -2.09. The number of nitro groups is 1. The third kappa shape index (κ3) is 3.14. The molecular formula is C12H11ClN4O3. The summed E-state index contributed by atoms with van der Waals surface area (Å²) < 4.78 is 5.44. The zero-order valence-electron chi connectivity index (χ0n) is 10.2. The predicted octanol–water partition coefficient (Wildman–Crippen LogP) is 2.51. The van der Waals surface area contributed by atoms with Gasteiger partial charge in [0.2, 0.25) is 5.75 Å². The van der Waals surface area contributed by atoms with Crippen molar-refractivity contribution in [2.45, 2.75) is 6.61 Å². The third-order valence-corrected chi connectivity index (χ3v) is 2.80. The molecule has 0 unspecified atom stereocenters. The van der Waals surface area contributed by atoms with Crippen LogP contribution in [0.3, 0.4) is 0 Å². The molecule has 1 aromatic carbocycles. The maximum Gasteiger partial charge on any atom is 0.312 e. The van der Waals surface area contributed by atoms with Crippen molar-refractivity contribution in [3.63, 3.8) is 0 Å². The Bertz CT molecular complexity index is 636. The van der Waals surface area contributed by atoms with E-state index in [9.17, 15) is 10.1 Å². The summed E-state index contributed by atoms with van der Waals surface area (Å²) in [7, 11) is 0. The Kier molecular flexibility index (Phi) is 4.34. The first kappa shape index (κ1) is 14.0. The summed E-state index contributed by atoms with van der Waals surface area (Å²) in [5, 5.41) is 11.1. The van der Waals surface area contributed by atoms with Gasteiger partial charge in [0.05, 0.1) is 9.95 Å². The first-order valence-electron chi connectivity index (χ1n) is 5.59. The first-order valence-corrected chi connectivity index (χ1v) is 5.97. The number of nitrogens with zero attached hydrogens (tertiary/aromatic N) is 2. The van der Waals surface area contributed by atoms with E-state index in [0.717, 1.165) is 5.56 Å². The van der Waals surface area contributed by atoms with Gasteiger partial charge in [-0.3, -0.25) is 10.1 Å². The van der Waals surface area contributed by atoms with Crippen molar-refractivity contribution >= 4 is 23.1 Å². The van der Waals surface area contributed by atoms with Gasteiger partial charge in [-0.15, -0.1) is 0 Å². The molecule has 0 saturated carbocycles. The van der Waals surface area contributed by atoms with Crippen LogP contribution < -0.4 is 16.0 Å². The van der Waals surface area contributed by atoms with Gasteiger partial charge in [-0.2, -0.15) is 0 Å². The van der Waals surface area contributed by atoms with Crippen LogP contribution in [0.5, 0.6) is 5.75 Å². The van der Waals surface area contributed by atoms with Crippen LogP contribution in [0.4, 0.5) is 11.5 Å². The molecular weight excluding hydrogens is 284 g/mol. The monoisotopic (exact) mass is 294 g/mol. The molecule has 104 valence electrons. The van der Waals surface area contributed by atoms with Gasteiger partial charge in [-0.1, -0.05) is 17.7 Å². The molecule has 2 aromatic rings. The molecule has 8 heteroatoms. The molecule has 0 aliphatic carbocycles. The number of anilines is 1. The lowest BCUT2D eigenvalue weighted by Gasteiger charge is -2.09. The third-order valence-electron chi connectivity index (χ3n) is 2.50. The van der Waals surface area contributed by atoms with E-state index in [1.165, 1.54) is 18.2 Å². The minimum Gasteiger partial charge on any atom is -0.481 e. The molecule has 0 bridgehead atoms. The summed E-state index contributed by atoms with van der Waals surface area (Å²) in [4.78, 5) is 14.3. The van der Waals surface area contributed by atoms with E-state index < -0.39 is 4.92 Å². The van der Waals surface area contributed by atoms with Crippen LogP contribution in [0.25, 0.3) is 0 Å². The van der Waals surface area contributed by atoms with Gasteiger partial charge >= 0.3 is 5.69 Å². The molecule has 0 amide bonds. The molecule has 0 atom stereocenters. The summed E-state index contributed by atoms with van der Waals surface area (Å²) in [6, 6.07) is 7.74. The van der Waals surface area contributed by atoms with Crippen LogP contribution in [0.2, 0.25) is 5.02 Å². The van der Waals surface area contributed by atoms with Gasteiger partial charge in [0.25, 0.3) is 0 Å². The number of halogens is 1. The topological polar surface area (TPSA) is 103 Å². The summed E-state index contributed by atoms with van der Waals surface area (Å²) in [6.45, 7) is 0.113. The SMILES string of the molecule is NNc1cc(COc2c(Cl)cccc2[N+](=O)[O-])ccn1. The van der Waals surface area contributed by atoms with Crippen LogP contribution in [-0.4, -0.2) is 9.91 Å². The highest BCUT2D eigenvalue weighted by atomic mass is 35.5. The van der Waals surface area contributed by atoms with Gasteiger partial charge in [-0.05, 0) is 23.8 Å². The van der Waals surface area contributed by atoms with Crippen molar-refractivity contribution < 1.29 is 9.66 Å². The normalized spacial score (nSPS) is 10.1. The second-order valence-corrected chi connectivity index (χ2v) is 4.23. The van der Waals surface area contributed by atoms with E-state index in [1.54, 1.807) is 18.3 Å². The Morgan fingerprint density at radius 2 is 2.25 bits per heavy atom. The first-order chi connectivity index (χ1) is 9.61. The molecule has 3 N–H and O–H groups in total. The zero-order chi connectivity index (χ0) is 14.5. The number of nitrogens with two attached hydrogens (primary N) is 1. The van der Waals surface area contributed by atoms with Gasteiger partial charge in [0.1, 0.15) is 12.4 Å². The molecule has 7 nitrogen and oxygen atoms in total. The largest absolute Gasteiger partial charge is 0.481 e. The second-order valence-electron chi connectivity index (χ2n) is 3.83. The highest BCUT2D eigenvalue weighted by Crippen LogP contribution is 2.34. The quantitative estimate of drug-likeness (QED) is 0.499. The molecule has 0 fully saturated rings. The fourth-order valence-corrected chi connectivity index (χ4v) is 1.81. The number of rotatable bonds is 5. The van der Waals surface area contributed by atoms with Crippen LogP contribution >= 0.6 is 11.6 Å². The number of hydrazine groups is 1. The smallest absolute Gasteiger partial charge is 0.312 e. The number of hydrogen-bond acceptors (Lipinski definition) is 6. The standard InChI is InChI=1S/C12H11ClN4O3/c13-9-2-1-3-10(17(18)19)12(9)20-7-8-4-5-15-11(6-8)16-14/h1-6H,7,14H2,(H,15,16). The lowest BCUT2D eigenvalue weighted by molar-refractivity contribution is -0.385. The van der Waals surface area contributed by atoms with Crippen LogP contribution in [-0.2, 0) is 6.61 Å². The Labute approximate surface area is 119 Å². The van der Waals surface area contributed by atoms with Crippen molar-refractivity contribution in [3.05, 3.63) is 57.2 Å². The number of nitro benzene ring substituents is 1. The van der Waals surface area contributed by atoms with Crippen molar-refractivity contribution in [1.82, 2.24) is 4.98 Å². The fraction of sp³-hybridized carbons (Fsp3) is 0.0833. The van der Waals surface area contributed by atoms with E-state index in [-0.39, 0.29) is 23.1 Å². The van der Waals surface area contributed by atoms with E-state index >= 15 is 0 Å². The molecule has 0 aliphatic rings. The number of hydrogen-bond donors (Lipinski definition) is 2. The summed E-state index contributed by atoms with van der Waals surface area (Å²) >= 11 is 5.92. The lowest BCUT2D eigenvalue weighted by atomic mass is 10.2. The Morgan fingerprint density at radius 3 is 2.95 bits per heavy atom. The highest BCUT2D eigenvalue weighted by Gasteiger charge is 2.18. The minimum atomic E-state index is -0.541. The Balaban J connectivity index is 2.20. The summed E-state index contributed by atoms with van der Waals surface area (Å²) in [6.07, 6.45) is 1.55. The van der Waals surface area contributed by atoms with Crippen LogP contribution in [0.1, 0.15) is 5.56 Å². The van der Waals surface area contributed by atoms with E-state index in [0.29, 0.717) is 5.82 Å². The average Bonchev–Trinajstić information content (AvgIpc) is 2.45. The summed E-state index contributed by atoms with van der Waals surface area (Å²) in [5.41, 5.74) is 2.98. The molecule has 1 heterocycles. The number of nitrogen functional groups attached to an aromatic ring is 1. The predicted molar refractivity (Wildman–Crippen MR) is 74.5 cm³/mol. The van der Waals surface area contributed by atoms with Crippen molar-refractivity contribution in [2.75, 3.05) is 5.43 Å². The van der Waals surface area contributed by atoms with Gasteiger partial charge in [-0.25, -0.2) is 10.8 Å². The van der Waals surface area contributed by atoms with E-state index in [2.05, 4.69) is 10.4 Å².